The Hall–Kier alpha value is -4.17. The number of aromatic nitrogens is 5. The van der Waals surface area contributed by atoms with Crippen molar-refractivity contribution in [2.75, 3.05) is 36.4 Å². The largest absolute Gasteiger partial charge is 0.369 e. The van der Waals surface area contributed by atoms with Gasteiger partial charge < -0.3 is 14.8 Å². The summed E-state index contributed by atoms with van der Waals surface area (Å²) in [6.07, 6.45) is 1.82. The predicted octanol–water partition coefficient (Wildman–Crippen LogP) is 5.92. The Labute approximate surface area is 229 Å². The molecule has 1 aliphatic heterocycles. The zero-order chi connectivity index (χ0) is 27.1. The molecule has 200 valence electrons. The van der Waals surface area contributed by atoms with Crippen LogP contribution in [0.1, 0.15) is 25.1 Å². The molecule has 0 amide bonds. The summed E-state index contributed by atoms with van der Waals surface area (Å²) < 4.78 is 2.11. The van der Waals surface area contributed by atoms with E-state index in [-0.39, 0.29) is 0 Å². The van der Waals surface area contributed by atoms with E-state index in [4.69, 9.17) is 9.97 Å². The third-order valence-corrected chi connectivity index (χ3v) is 7.69. The second kappa shape index (κ2) is 10.2. The monoisotopic (exact) mass is 520 g/mol. The van der Waals surface area contributed by atoms with Crippen LogP contribution in [0.4, 0.5) is 17.2 Å². The van der Waals surface area contributed by atoms with E-state index in [1.54, 1.807) is 0 Å². The molecule has 5 aromatic rings. The lowest BCUT2D eigenvalue weighted by molar-refractivity contribution is 0.209. The van der Waals surface area contributed by atoms with Gasteiger partial charge in [-0.25, -0.2) is 9.97 Å². The molecule has 3 aromatic heterocycles. The van der Waals surface area contributed by atoms with Crippen molar-refractivity contribution < 1.29 is 0 Å². The normalized spacial score (nSPS) is 14.5. The Kier molecular flexibility index (Phi) is 6.56. The molecule has 0 unspecified atom stereocenters. The Morgan fingerprint density at radius 1 is 0.872 bits per heavy atom. The summed E-state index contributed by atoms with van der Waals surface area (Å²) in [7, 11) is 2.04. The summed E-state index contributed by atoms with van der Waals surface area (Å²) in [4.78, 5) is 14.8. The van der Waals surface area contributed by atoms with E-state index < -0.39 is 0 Å². The Morgan fingerprint density at radius 2 is 1.64 bits per heavy atom. The van der Waals surface area contributed by atoms with Crippen molar-refractivity contribution in [3.8, 4) is 22.6 Å². The molecule has 1 saturated heterocycles. The van der Waals surface area contributed by atoms with Gasteiger partial charge in [0.15, 0.2) is 5.82 Å². The zero-order valence-electron chi connectivity index (χ0n) is 23.4. The van der Waals surface area contributed by atoms with Crippen molar-refractivity contribution >= 4 is 28.2 Å². The maximum absolute atomic E-state index is 5.00. The zero-order valence-corrected chi connectivity index (χ0v) is 23.4. The van der Waals surface area contributed by atoms with Crippen LogP contribution in [-0.2, 0) is 7.05 Å². The standard InChI is InChI=1S/C31H36N8/c1-20(2)38-12-14-39(15-13-38)25-8-6-23(7-9-25)24-18-27(34-29-17-21(3)16-22(4)33-29)30-28(19-24)37(5)31(35-30)26-10-11-32-36-26/h6-11,16-20H,12-15H2,1-5H3,(H,32,36)(H,33,34). The maximum atomic E-state index is 5.00. The number of piperazine rings is 1. The quantitative estimate of drug-likeness (QED) is 0.290. The number of imidazole rings is 1. The first-order chi connectivity index (χ1) is 18.9. The summed E-state index contributed by atoms with van der Waals surface area (Å²) in [6.45, 7) is 13.0. The fourth-order valence-electron chi connectivity index (χ4n) is 5.57. The van der Waals surface area contributed by atoms with Crippen molar-refractivity contribution in [1.29, 1.82) is 0 Å². The topological polar surface area (TPSA) is 77.9 Å². The van der Waals surface area contributed by atoms with E-state index in [0.717, 1.165) is 71.5 Å². The van der Waals surface area contributed by atoms with Gasteiger partial charge in [0.2, 0.25) is 0 Å². The Morgan fingerprint density at radius 3 is 2.31 bits per heavy atom. The molecule has 1 fully saturated rings. The first-order valence-corrected chi connectivity index (χ1v) is 13.7. The molecular weight excluding hydrogens is 484 g/mol. The Bertz CT molecular complexity index is 1570. The number of pyridine rings is 1. The van der Waals surface area contributed by atoms with Gasteiger partial charge in [0.05, 0.1) is 11.2 Å². The highest BCUT2D eigenvalue weighted by Crippen LogP contribution is 2.35. The number of nitrogens with one attached hydrogen (secondary N) is 2. The molecule has 8 nitrogen and oxygen atoms in total. The van der Waals surface area contributed by atoms with Crippen molar-refractivity contribution in [2.24, 2.45) is 7.05 Å². The SMILES string of the molecule is Cc1cc(C)nc(Nc2cc(-c3ccc(N4CCN(C(C)C)CC4)cc3)cc3c2nc(-c2cc[nH]n2)n3C)c1. The number of benzene rings is 2. The van der Waals surface area contributed by atoms with Gasteiger partial charge in [-0.05, 0) is 86.8 Å². The van der Waals surface area contributed by atoms with Crippen LogP contribution < -0.4 is 10.2 Å². The number of rotatable bonds is 6. The molecule has 0 radical (unpaired) electrons. The number of hydrogen-bond acceptors (Lipinski definition) is 6. The van der Waals surface area contributed by atoms with Crippen LogP contribution in [0.2, 0.25) is 0 Å². The third kappa shape index (κ3) is 5.00. The van der Waals surface area contributed by atoms with Crippen molar-refractivity contribution in [3.05, 3.63) is 72.1 Å². The second-order valence-electron chi connectivity index (χ2n) is 10.8. The molecule has 0 atom stereocenters. The van der Waals surface area contributed by atoms with E-state index in [1.165, 1.54) is 16.8 Å². The van der Waals surface area contributed by atoms with E-state index in [9.17, 15) is 0 Å². The smallest absolute Gasteiger partial charge is 0.161 e. The summed E-state index contributed by atoms with van der Waals surface area (Å²) in [6, 6.07) is 20.1. The van der Waals surface area contributed by atoms with Crippen molar-refractivity contribution in [2.45, 2.75) is 33.7 Å². The van der Waals surface area contributed by atoms with Crippen LogP contribution in [0.3, 0.4) is 0 Å². The van der Waals surface area contributed by atoms with Gasteiger partial charge in [-0.2, -0.15) is 5.10 Å². The first-order valence-electron chi connectivity index (χ1n) is 13.7. The van der Waals surface area contributed by atoms with Crippen LogP contribution in [0, 0.1) is 13.8 Å². The highest BCUT2D eigenvalue weighted by molar-refractivity contribution is 5.96. The number of nitrogens with zero attached hydrogens (tertiary/aromatic N) is 6. The molecule has 2 N–H and O–H groups in total. The van der Waals surface area contributed by atoms with Gasteiger partial charge in [-0.15, -0.1) is 0 Å². The number of fused-ring (bicyclic) bond motifs is 1. The van der Waals surface area contributed by atoms with Gasteiger partial charge in [-0.1, -0.05) is 12.1 Å². The molecular formula is C31H36N8. The van der Waals surface area contributed by atoms with E-state index in [0.29, 0.717) is 6.04 Å². The van der Waals surface area contributed by atoms with Gasteiger partial charge in [0.1, 0.15) is 17.0 Å². The average molecular weight is 521 g/mol. The average Bonchev–Trinajstić information content (AvgIpc) is 3.57. The maximum Gasteiger partial charge on any atom is 0.161 e. The number of hydrogen-bond donors (Lipinski definition) is 2. The van der Waals surface area contributed by atoms with Gasteiger partial charge in [0.25, 0.3) is 0 Å². The van der Waals surface area contributed by atoms with Gasteiger partial charge in [0, 0.05) is 56.8 Å². The number of aromatic amines is 1. The molecule has 0 saturated carbocycles. The summed E-state index contributed by atoms with van der Waals surface area (Å²) in [5.74, 6) is 1.63. The van der Waals surface area contributed by atoms with E-state index in [2.05, 4.69) is 99.2 Å². The molecule has 39 heavy (non-hydrogen) atoms. The molecule has 2 aromatic carbocycles. The van der Waals surface area contributed by atoms with Crippen LogP contribution in [0.15, 0.2) is 60.8 Å². The van der Waals surface area contributed by atoms with Crippen molar-refractivity contribution in [3.63, 3.8) is 0 Å². The summed E-state index contributed by atoms with van der Waals surface area (Å²) >= 11 is 0. The fourth-order valence-corrected chi connectivity index (χ4v) is 5.57. The van der Waals surface area contributed by atoms with Gasteiger partial charge >= 0.3 is 0 Å². The second-order valence-corrected chi connectivity index (χ2v) is 10.8. The molecule has 1 aliphatic rings. The minimum Gasteiger partial charge on any atom is -0.369 e. The van der Waals surface area contributed by atoms with Crippen LogP contribution in [-0.4, -0.2) is 61.9 Å². The number of aryl methyl sites for hydroxylation is 3. The van der Waals surface area contributed by atoms with Crippen molar-refractivity contribution in [1.82, 2.24) is 29.6 Å². The first kappa shape index (κ1) is 25.1. The van der Waals surface area contributed by atoms with E-state index >= 15 is 0 Å². The van der Waals surface area contributed by atoms with Crippen LogP contribution in [0.5, 0.6) is 0 Å². The highest BCUT2D eigenvalue weighted by Gasteiger charge is 2.20. The molecule has 8 heteroatoms. The molecule has 4 heterocycles. The van der Waals surface area contributed by atoms with Crippen LogP contribution >= 0.6 is 0 Å². The third-order valence-electron chi connectivity index (χ3n) is 7.69. The predicted molar refractivity (Wildman–Crippen MR) is 160 cm³/mol. The fraction of sp³-hybridized carbons (Fsp3) is 0.323. The van der Waals surface area contributed by atoms with E-state index in [1.807, 2.05) is 26.2 Å². The summed E-state index contributed by atoms with van der Waals surface area (Å²) in [5, 5.41) is 10.9. The molecule has 6 rings (SSSR count). The lowest BCUT2D eigenvalue weighted by atomic mass is 10.0. The Balaban J connectivity index is 1.38. The summed E-state index contributed by atoms with van der Waals surface area (Å²) in [5.41, 5.74) is 9.38. The molecule has 0 aliphatic carbocycles. The lowest BCUT2D eigenvalue weighted by Crippen LogP contribution is -2.48. The minimum absolute atomic E-state index is 0.603. The molecule has 0 bridgehead atoms. The highest BCUT2D eigenvalue weighted by atomic mass is 15.3. The minimum atomic E-state index is 0.603. The number of anilines is 3. The molecule has 0 spiro atoms. The van der Waals surface area contributed by atoms with Gasteiger partial charge in [-0.3, -0.25) is 10.00 Å². The number of H-pyrrole nitrogens is 1. The lowest BCUT2D eigenvalue weighted by Gasteiger charge is -2.38. The van der Waals surface area contributed by atoms with Crippen LogP contribution in [0.25, 0.3) is 33.7 Å².